The van der Waals surface area contributed by atoms with Gasteiger partial charge >= 0.3 is 0 Å². The van der Waals surface area contributed by atoms with Crippen molar-refractivity contribution in [3.05, 3.63) is 35.2 Å². The molecule has 2 saturated heterocycles. The number of morpholine rings is 1. The Bertz CT molecular complexity index is 1610. The number of hydroxylamine groups is 1. The normalized spacial score (nSPS) is 17.4. The Morgan fingerprint density at radius 3 is 2.33 bits per heavy atom. The number of fused-ring (bicyclic) bond motifs is 1. The van der Waals surface area contributed by atoms with Gasteiger partial charge in [-0.25, -0.2) is 23.9 Å². The summed E-state index contributed by atoms with van der Waals surface area (Å²) in [5.74, 6) is 1.92. The molecule has 1 aromatic carbocycles. The van der Waals surface area contributed by atoms with Gasteiger partial charge in [-0.1, -0.05) is 27.7 Å². The van der Waals surface area contributed by atoms with E-state index in [2.05, 4.69) is 29.7 Å². The molecule has 2 aliphatic heterocycles. The molecular weight excluding hydrogens is 629 g/mol. The van der Waals surface area contributed by atoms with Crippen LogP contribution >= 0.6 is 11.3 Å². The third-order valence-electron chi connectivity index (χ3n) is 8.36. The summed E-state index contributed by atoms with van der Waals surface area (Å²) in [5.41, 5.74) is 3.03. The van der Waals surface area contributed by atoms with Crippen molar-refractivity contribution < 1.29 is 27.9 Å². The highest BCUT2D eigenvalue weighted by atomic mass is 32.2. The van der Waals surface area contributed by atoms with E-state index in [1.807, 2.05) is 38.1 Å². The highest BCUT2D eigenvalue weighted by Gasteiger charge is 2.31. The van der Waals surface area contributed by atoms with E-state index >= 15 is 0 Å². The van der Waals surface area contributed by atoms with Gasteiger partial charge in [-0.3, -0.25) is 14.9 Å². The number of nitrogens with zero attached hydrogens (tertiary/aromatic N) is 5. The van der Waals surface area contributed by atoms with Crippen molar-refractivity contribution >= 4 is 43.3 Å². The van der Waals surface area contributed by atoms with Crippen LogP contribution in [0, 0.1) is 10.8 Å². The van der Waals surface area contributed by atoms with Crippen LogP contribution in [0.2, 0.25) is 0 Å². The summed E-state index contributed by atoms with van der Waals surface area (Å²) >= 11 is 1.71. The molecule has 2 fully saturated rings. The number of ether oxygens (including phenoxy) is 2. The number of sulfonamides is 1. The van der Waals surface area contributed by atoms with Gasteiger partial charge in [0.1, 0.15) is 5.75 Å². The lowest BCUT2D eigenvalue weighted by atomic mass is 9.73. The second-order valence-corrected chi connectivity index (χ2v) is 17.0. The minimum atomic E-state index is -3.17. The molecule has 2 aromatic heterocycles. The van der Waals surface area contributed by atoms with Gasteiger partial charge in [0, 0.05) is 62.7 Å². The molecule has 0 radical (unpaired) electrons. The zero-order chi connectivity index (χ0) is 33.1. The third kappa shape index (κ3) is 8.92. The molecule has 12 nitrogen and oxygen atoms in total. The summed E-state index contributed by atoms with van der Waals surface area (Å²) in [6.45, 7) is 14.7. The van der Waals surface area contributed by atoms with Crippen LogP contribution in [-0.2, 0) is 26.1 Å². The number of hydrogen-bond donors (Lipinski definition) is 2. The van der Waals surface area contributed by atoms with Gasteiger partial charge < -0.3 is 14.4 Å². The number of amides is 1. The molecule has 0 unspecified atom stereocenters. The van der Waals surface area contributed by atoms with E-state index in [-0.39, 0.29) is 17.3 Å². The lowest BCUT2D eigenvalue weighted by Crippen LogP contribution is -2.47. The molecule has 0 saturated carbocycles. The molecule has 14 heteroatoms. The van der Waals surface area contributed by atoms with Crippen molar-refractivity contribution in [2.75, 3.05) is 70.2 Å². The van der Waals surface area contributed by atoms with E-state index < -0.39 is 15.9 Å². The Kier molecular flexibility index (Phi) is 10.5. The van der Waals surface area contributed by atoms with Crippen LogP contribution in [0.5, 0.6) is 5.75 Å². The SMILES string of the molecule is CC(C)(COc1ccc(-c2nc(N3CCOCC3)c3sc(CN4CCN(S(C)(=O)=O)CC4)cc3n2)cc1)CC(C)(C)CC(=O)NO. The number of carbonyl (C=O) groups is 1. The molecule has 2 N–H and O–H groups in total. The minimum absolute atomic E-state index is 0.197. The Hall–Kier alpha value is -2.88. The maximum absolute atomic E-state index is 11.9. The van der Waals surface area contributed by atoms with Crippen molar-refractivity contribution in [1.29, 1.82) is 0 Å². The second-order valence-electron chi connectivity index (χ2n) is 13.9. The fourth-order valence-corrected chi connectivity index (χ4v) is 8.44. The summed E-state index contributed by atoms with van der Waals surface area (Å²) in [7, 11) is -3.17. The van der Waals surface area contributed by atoms with Crippen LogP contribution in [0.15, 0.2) is 30.3 Å². The zero-order valence-corrected chi connectivity index (χ0v) is 29.0. The van der Waals surface area contributed by atoms with Crippen molar-refractivity contribution in [3.63, 3.8) is 0 Å². The van der Waals surface area contributed by atoms with Crippen LogP contribution in [0.25, 0.3) is 21.6 Å². The number of benzene rings is 1. The van der Waals surface area contributed by atoms with Crippen LogP contribution < -0.4 is 15.1 Å². The number of aromatic nitrogens is 2. The van der Waals surface area contributed by atoms with Crippen LogP contribution in [0.1, 0.15) is 45.4 Å². The highest BCUT2D eigenvalue weighted by molar-refractivity contribution is 7.88. The number of hydrogen-bond acceptors (Lipinski definition) is 11. The van der Waals surface area contributed by atoms with Crippen LogP contribution in [0.4, 0.5) is 5.82 Å². The summed E-state index contributed by atoms with van der Waals surface area (Å²) < 4.78 is 38.3. The largest absolute Gasteiger partial charge is 0.493 e. The summed E-state index contributed by atoms with van der Waals surface area (Å²) in [6.07, 6.45) is 2.24. The van der Waals surface area contributed by atoms with Gasteiger partial charge in [0.15, 0.2) is 11.6 Å². The first kappa shape index (κ1) is 34.5. The zero-order valence-electron chi connectivity index (χ0n) is 27.4. The monoisotopic (exact) mass is 674 g/mol. The average molecular weight is 675 g/mol. The smallest absolute Gasteiger partial charge is 0.243 e. The molecule has 4 heterocycles. The molecule has 1 amide bonds. The summed E-state index contributed by atoms with van der Waals surface area (Å²) in [5, 5.41) is 8.92. The molecule has 46 heavy (non-hydrogen) atoms. The summed E-state index contributed by atoms with van der Waals surface area (Å²) in [4.78, 5) is 27.5. The van der Waals surface area contributed by atoms with Gasteiger partial charge in [0.25, 0.3) is 0 Å². The Balaban J connectivity index is 1.31. The number of carbonyl (C=O) groups excluding carboxylic acids is 1. The Labute approximate surface area is 275 Å². The molecule has 0 atom stereocenters. The number of anilines is 1. The van der Waals surface area contributed by atoms with Crippen molar-refractivity contribution in [2.45, 2.75) is 47.1 Å². The predicted molar refractivity (Wildman–Crippen MR) is 180 cm³/mol. The van der Waals surface area contributed by atoms with Gasteiger partial charge in [-0.2, -0.15) is 4.31 Å². The molecule has 0 spiro atoms. The molecular formula is C32H46N6O6S2. The number of piperazine rings is 1. The van der Waals surface area contributed by atoms with Gasteiger partial charge in [-0.05, 0) is 47.6 Å². The van der Waals surface area contributed by atoms with Crippen molar-refractivity contribution in [2.24, 2.45) is 10.8 Å². The quantitative estimate of drug-likeness (QED) is 0.214. The highest BCUT2D eigenvalue weighted by Crippen LogP contribution is 2.38. The number of nitrogens with one attached hydrogen (secondary N) is 1. The minimum Gasteiger partial charge on any atom is -0.493 e. The Morgan fingerprint density at radius 1 is 1.02 bits per heavy atom. The molecule has 252 valence electrons. The number of thiophene rings is 1. The molecule has 0 bridgehead atoms. The van der Waals surface area contributed by atoms with Gasteiger partial charge in [0.05, 0.1) is 36.3 Å². The van der Waals surface area contributed by atoms with Gasteiger partial charge in [-0.15, -0.1) is 11.3 Å². The maximum atomic E-state index is 11.9. The number of rotatable bonds is 12. The van der Waals surface area contributed by atoms with Crippen LogP contribution in [0.3, 0.4) is 0 Å². The average Bonchev–Trinajstić information content (AvgIpc) is 3.41. The molecule has 2 aliphatic rings. The molecule has 3 aromatic rings. The Morgan fingerprint density at radius 2 is 1.70 bits per heavy atom. The first-order valence-electron chi connectivity index (χ1n) is 15.7. The second kappa shape index (κ2) is 14.1. The first-order chi connectivity index (χ1) is 21.7. The molecule has 0 aliphatic carbocycles. The van der Waals surface area contributed by atoms with E-state index in [0.29, 0.717) is 51.8 Å². The van der Waals surface area contributed by atoms with E-state index in [4.69, 9.17) is 24.6 Å². The van der Waals surface area contributed by atoms with Crippen LogP contribution in [-0.4, -0.2) is 104 Å². The fourth-order valence-electron chi connectivity index (χ4n) is 6.46. The van der Waals surface area contributed by atoms with E-state index in [1.54, 1.807) is 21.1 Å². The van der Waals surface area contributed by atoms with E-state index in [9.17, 15) is 13.2 Å². The first-order valence-corrected chi connectivity index (χ1v) is 18.3. The third-order valence-corrected chi connectivity index (χ3v) is 10.8. The van der Waals surface area contributed by atoms with Crippen molar-refractivity contribution in [1.82, 2.24) is 24.7 Å². The lowest BCUT2D eigenvalue weighted by Gasteiger charge is -2.34. The molecule has 5 rings (SSSR count). The standard InChI is InChI=1S/C32H46N6O6S2/c1-31(2,19-27(39)35-40)21-32(3,4)22-44-24-8-6-23(7-9-24)29-33-26-18-25(20-36-10-12-38(13-11-36)46(5,41)42)45-28(26)30(34-29)37-14-16-43-17-15-37/h6-9,18,40H,10-17,19-22H2,1-5H3,(H,35,39). The summed E-state index contributed by atoms with van der Waals surface area (Å²) in [6, 6.07) is 9.98. The van der Waals surface area contributed by atoms with E-state index in [1.165, 1.54) is 11.1 Å². The topological polar surface area (TPSA) is 137 Å². The van der Waals surface area contributed by atoms with Crippen molar-refractivity contribution in [3.8, 4) is 17.1 Å². The maximum Gasteiger partial charge on any atom is 0.243 e. The van der Waals surface area contributed by atoms with Gasteiger partial charge in [0.2, 0.25) is 15.9 Å². The fraction of sp³-hybridized carbons (Fsp3) is 0.594. The lowest BCUT2D eigenvalue weighted by molar-refractivity contribution is -0.131. The predicted octanol–water partition coefficient (Wildman–Crippen LogP) is 3.99. The van der Waals surface area contributed by atoms with E-state index in [0.717, 1.165) is 53.4 Å².